The number of hydrogen-bond donors (Lipinski definition) is 2. The summed E-state index contributed by atoms with van der Waals surface area (Å²) in [5.74, 6) is -0.222. The van der Waals surface area contributed by atoms with Gasteiger partial charge in [0.2, 0.25) is 0 Å². The predicted molar refractivity (Wildman–Crippen MR) is 147 cm³/mol. The van der Waals surface area contributed by atoms with E-state index in [1.54, 1.807) is 29.4 Å². The maximum Gasteiger partial charge on any atom is 0.410 e. The molecule has 0 radical (unpaired) electrons. The van der Waals surface area contributed by atoms with E-state index in [9.17, 15) is 9.59 Å². The van der Waals surface area contributed by atoms with Crippen LogP contribution in [-0.4, -0.2) is 68.5 Å². The number of rotatable bonds is 5. The minimum absolute atomic E-state index is 0.222. The molecule has 1 fully saturated rings. The van der Waals surface area contributed by atoms with E-state index in [2.05, 4.69) is 49.4 Å². The lowest BCUT2D eigenvalue weighted by Gasteiger charge is -2.35. The summed E-state index contributed by atoms with van der Waals surface area (Å²) in [5, 5.41) is 3.79. The van der Waals surface area contributed by atoms with Crippen LogP contribution < -0.4 is 5.32 Å². The Morgan fingerprint density at radius 3 is 2.47 bits per heavy atom. The average molecular weight is 513 g/mol. The van der Waals surface area contributed by atoms with E-state index in [-0.39, 0.29) is 12.0 Å². The first-order valence-electron chi connectivity index (χ1n) is 12.7. The maximum atomic E-state index is 12.6. The van der Waals surface area contributed by atoms with Crippen LogP contribution in [-0.2, 0) is 11.3 Å². The molecule has 3 aromatic heterocycles. The van der Waals surface area contributed by atoms with E-state index in [1.165, 1.54) is 11.8 Å². The summed E-state index contributed by atoms with van der Waals surface area (Å²) in [6, 6.07) is 13.9. The van der Waals surface area contributed by atoms with E-state index in [1.807, 2.05) is 33.0 Å². The van der Waals surface area contributed by atoms with Crippen LogP contribution >= 0.6 is 0 Å². The van der Waals surface area contributed by atoms with Crippen molar-refractivity contribution in [3.63, 3.8) is 0 Å². The lowest BCUT2D eigenvalue weighted by molar-refractivity contribution is 0.0139. The van der Waals surface area contributed by atoms with E-state index >= 15 is 0 Å². The zero-order chi connectivity index (χ0) is 26.7. The van der Waals surface area contributed by atoms with Gasteiger partial charge in [-0.25, -0.2) is 9.78 Å². The van der Waals surface area contributed by atoms with Crippen LogP contribution in [0.5, 0.6) is 0 Å². The summed E-state index contributed by atoms with van der Waals surface area (Å²) in [4.78, 5) is 40.7. The van der Waals surface area contributed by atoms with Crippen LogP contribution in [0.4, 0.5) is 10.5 Å². The van der Waals surface area contributed by atoms with Gasteiger partial charge in [0.05, 0.1) is 11.3 Å². The Morgan fingerprint density at radius 1 is 1.03 bits per heavy atom. The fourth-order valence-corrected chi connectivity index (χ4v) is 4.43. The fourth-order valence-electron chi connectivity index (χ4n) is 4.43. The number of H-pyrrole nitrogens is 1. The smallest absolute Gasteiger partial charge is 0.410 e. The van der Waals surface area contributed by atoms with Gasteiger partial charge in [0, 0.05) is 68.5 Å². The van der Waals surface area contributed by atoms with Gasteiger partial charge in [0.15, 0.2) is 0 Å². The van der Waals surface area contributed by atoms with Crippen molar-refractivity contribution in [2.24, 2.45) is 0 Å². The number of fused-ring (bicyclic) bond motifs is 1. The fraction of sp³-hybridized carbons (Fsp3) is 0.310. The third kappa shape index (κ3) is 6.00. The number of carbonyl (C=O) groups is 2. The Kier molecular flexibility index (Phi) is 7.11. The second-order valence-electron chi connectivity index (χ2n) is 10.5. The van der Waals surface area contributed by atoms with Crippen LogP contribution in [0.1, 0.15) is 36.7 Å². The van der Waals surface area contributed by atoms with Crippen molar-refractivity contribution in [2.45, 2.75) is 32.9 Å². The maximum absolute atomic E-state index is 12.6. The van der Waals surface area contributed by atoms with Crippen molar-refractivity contribution in [1.82, 2.24) is 24.8 Å². The first-order chi connectivity index (χ1) is 18.2. The van der Waals surface area contributed by atoms with Gasteiger partial charge in [0.25, 0.3) is 5.91 Å². The molecule has 0 atom stereocenters. The number of amides is 2. The van der Waals surface area contributed by atoms with Crippen LogP contribution in [0.25, 0.3) is 22.2 Å². The van der Waals surface area contributed by atoms with Gasteiger partial charge in [0.1, 0.15) is 11.2 Å². The van der Waals surface area contributed by atoms with Gasteiger partial charge >= 0.3 is 6.09 Å². The molecule has 5 rings (SSSR count). The summed E-state index contributed by atoms with van der Waals surface area (Å²) >= 11 is 0. The third-order valence-corrected chi connectivity index (χ3v) is 6.42. The summed E-state index contributed by atoms with van der Waals surface area (Å²) in [7, 11) is 0. The van der Waals surface area contributed by atoms with Gasteiger partial charge in [-0.2, -0.15) is 0 Å². The minimum Gasteiger partial charge on any atom is -0.444 e. The number of nitrogens with one attached hydrogen (secondary N) is 2. The molecular formula is C29H32N6O3. The van der Waals surface area contributed by atoms with Crippen molar-refractivity contribution >= 4 is 28.7 Å². The van der Waals surface area contributed by atoms with Crippen LogP contribution in [0.3, 0.4) is 0 Å². The van der Waals surface area contributed by atoms with E-state index in [0.717, 1.165) is 36.1 Å². The van der Waals surface area contributed by atoms with Crippen molar-refractivity contribution < 1.29 is 14.3 Å². The number of benzene rings is 1. The van der Waals surface area contributed by atoms with Crippen LogP contribution in [0, 0.1) is 0 Å². The molecule has 1 saturated heterocycles. The summed E-state index contributed by atoms with van der Waals surface area (Å²) in [5.41, 5.74) is 4.61. The summed E-state index contributed by atoms with van der Waals surface area (Å²) < 4.78 is 5.49. The number of aromatic nitrogens is 3. The monoisotopic (exact) mass is 512 g/mol. The molecule has 1 aliphatic heterocycles. The quantitative estimate of drug-likeness (QED) is 0.393. The molecule has 0 bridgehead atoms. The molecule has 0 saturated carbocycles. The summed E-state index contributed by atoms with van der Waals surface area (Å²) in [6.07, 6.45) is 6.51. The highest BCUT2D eigenvalue weighted by atomic mass is 16.6. The van der Waals surface area contributed by atoms with Crippen LogP contribution in [0.15, 0.2) is 67.3 Å². The second kappa shape index (κ2) is 10.6. The van der Waals surface area contributed by atoms with Crippen molar-refractivity contribution in [1.29, 1.82) is 0 Å². The molecule has 1 aliphatic rings. The Hall–Kier alpha value is -4.24. The average Bonchev–Trinajstić information content (AvgIpc) is 3.31. The zero-order valence-corrected chi connectivity index (χ0v) is 21.9. The molecule has 9 heteroatoms. The topological polar surface area (TPSA) is 103 Å². The van der Waals surface area contributed by atoms with Gasteiger partial charge < -0.3 is 19.9 Å². The molecule has 196 valence electrons. The Labute approximate surface area is 221 Å². The largest absolute Gasteiger partial charge is 0.444 e. The standard InChI is InChI=1S/C29H32N6O3/c1-29(2,3)38-28(37)35-13-11-34(12-14-35)19-20-6-8-21(9-7-20)23-15-24-25(18-32-26(24)31-17-23)33-27(36)22-5-4-10-30-16-22/h4-10,15-18H,11-14,19H2,1-3H3,(H,31,32)(H,33,36). The molecule has 1 aromatic carbocycles. The summed E-state index contributed by atoms with van der Waals surface area (Å²) in [6.45, 7) is 9.42. The van der Waals surface area contributed by atoms with Crippen molar-refractivity contribution in [3.8, 4) is 11.1 Å². The molecule has 0 unspecified atom stereocenters. The molecular weight excluding hydrogens is 480 g/mol. The molecule has 2 amide bonds. The highest BCUT2D eigenvalue weighted by molar-refractivity contribution is 6.08. The number of hydrogen-bond acceptors (Lipinski definition) is 6. The number of pyridine rings is 2. The number of ether oxygens (including phenoxy) is 1. The number of anilines is 1. The minimum atomic E-state index is -0.480. The lowest BCUT2D eigenvalue weighted by Crippen LogP contribution is -2.49. The van der Waals surface area contributed by atoms with Gasteiger partial charge in [-0.1, -0.05) is 24.3 Å². The number of carbonyl (C=O) groups excluding carboxylic acids is 2. The normalized spacial score (nSPS) is 14.4. The molecule has 38 heavy (non-hydrogen) atoms. The molecule has 4 heterocycles. The van der Waals surface area contributed by atoms with Gasteiger partial charge in [-0.15, -0.1) is 0 Å². The number of aromatic amines is 1. The Balaban J connectivity index is 1.22. The molecule has 0 aliphatic carbocycles. The number of nitrogens with zero attached hydrogens (tertiary/aromatic N) is 4. The molecule has 9 nitrogen and oxygen atoms in total. The van der Waals surface area contributed by atoms with E-state index in [0.29, 0.717) is 30.0 Å². The lowest BCUT2D eigenvalue weighted by atomic mass is 10.0. The van der Waals surface area contributed by atoms with Crippen LogP contribution in [0.2, 0.25) is 0 Å². The van der Waals surface area contributed by atoms with Crippen molar-refractivity contribution in [3.05, 3.63) is 78.4 Å². The molecule has 0 spiro atoms. The highest BCUT2D eigenvalue weighted by Crippen LogP contribution is 2.28. The molecule has 4 aromatic rings. The zero-order valence-electron chi connectivity index (χ0n) is 21.9. The first kappa shape index (κ1) is 25.4. The third-order valence-electron chi connectivity index (χ3n) is 6.42. The van der Waals surface area contributed by atoms with E-state index < -0.39 is 5.60 Å². The van der Waals surface area contributed by atoms with E-state index in [4.69, 9.17) is 4.74 Å². The Morgan fingerprint density at radius 2 is 1.79 bits per heavy atom. The second-order valence-corrected chi connectivity index (χ2v) is 10.5. The predicted octanol–water partition coefficient (Wildman–Crippen LogP) is 4.93. The first-order valence-corrected chi connectivity index (χ1v) is 12.7. The van der Waals surface area contributed by atoms with Crippen molar-refractivity contribution in [2.75, 3.05) is 31.5 Å². The number of piperazine rings is 1. The SMILES string of the molecule is CC(C)(C)OC(=O)N1CCN(Cc2ccc(-c3cnc4[nH]cc(NC(=O)c5cccnc5)c4c3)cc2)CC1. The van der Waals surface area contributed by atoms with Gasteiger partial charge in [-0.05, 0) is 50.1 Å². The molecule has 2 N–H and O–H groups in total. The Bertz CT molecular complexity index is 1420. The highest BCUT2D eigenvalue weighted by Gasteiger charge is 2.25. The van der Waals surface area contributed by atoms with Gasteiger partial charge in [-0.3, -0.25) is 14.7 Å².